The van der Waals surface area contributed by atoms with Gasteiger partial charge in [-0.3, -0.25) is 4.79 Å². The SMILES string of the molecule is CN(C)C(=O)CN=C(NCc1cccs1)NCC1(C)CCCS1. The number of amides is 1. The highest BCUT2D eigenvalue weighted by Crippen LogP contribution is 2.36. The van der Waals surface area contributed by atoms with E-state index in [9.17, 15) is 4.79 Å². The summed E-state index contributed by atoms with van der Waals surface area (Å²) in [5.74, 6) is 1.94. The number of hydrogen-bond donors (Lipinski definition) is 2. The third-order valence-electron chi connectivity index (χ3n) is 3.81. The van der Waals surface area contributed by atoms with Crippen molar-refractivity contribution in [2.24, 2.45) is 4.99 Å². The van der Waals surface area contributed by atoms with Crippen LogP contribution in [0, 0.1) is 0 Å². The molecular weight excluding hydrogens is 328 g/mol. The van der Waals surface area contributed by atoms with E-state index in [1.807, 2.05) is 17.8 Å². The van der Waals surface area contributed by atoms with Crippen LogP contribution >= 0.6 is 23.1 Å². The van der Waals surface area contributed by atoms with Gasteiger partial charge in [0.15, 0.2) is 5.96 Å². The molecule has 0 aromatic carbocycles. The number of carbonyl (C=O) groups excluding carboxylic acids is 1. The predicted molar refractivity (Wildman–Crippen MR) is 100 cm³/mol. The maximum atomic E-state index is 11.8. The summed E-state index contributed by atoms with van der Waals surface area (Å²) in [5.41, 5.74) is 0. The lowest BCUT2D eigenvalue weighted by Gasteiger charge is -2.24. The third-order valence-corrected chi connectivity index (χ3v) is 6.23. The van der Waals surface area contributed by atoms with Crippen LogP contribution in [0.4, 0.5) is 0 Å². The first-order valence-corrected chi connectivity index (χ1v) is 9.74. The molecule has 1 aliphatic heterocycles. The van der Waals surface area contributed by atoms with Crippen molar-refractivity contribution in [1.82, 2.24) is 15.5 Å². The van der Waals surface area contributed by atoms with Crippen LogP contribution in [-0.2, 0) is 11.3 Å². The van der Waals surface area contributed by atoms with Gasteiger partial charge in [-0.25, -0.2) is 4.99 Å². The number of thioether (sulfide) groups is 1. The maximum Gasteiger partial charge on any atom is 0.243 e. The summed E-state index contributed by atoms with van der Waals surface area (Å²) in [5, 5.41) is 8.80. The van der Waals surface area contributed by atoms with E-state index in [1.165, 1.54) is 23.5 Å². The lowest BCUT2D eigenvalue weighted by Crippen LogP contribution is -2.44. The highest BCUT2D eigenvalue weighted by molar-refractivity contribution is 8.00. The zero-order valence-corrected chi connectivity index (χ0v) is 15.7. The van der Waals surface area contributed by atoms with Crippen LogP contribution in [0.2, 0.25) is 0 Å². The Labute approximate surface area is 146 Å². The summed E-state index contributed by atoms with van der Waals surface area (Å²) in [4.78, 5) is 19.0. The Balaban J connectivity index is 1.92. The van der Waals surface area contributed by atoms with E-state index in [2.05, 4.69) is 34.0 Å². The zero-order valence-electron chi connectivity index (χ0n) is 14.1. The standard InChI is InChI=1S/C16H26N4OS2/c1-16(7-5-9-23-16)12-19-15(18-11-14(21)20(2)3)17-10-13-6-4-8-22-13/h4,6,8H,5,7,9-12H2,1-3H3,(H2,17,18,19). The second-order valence-corrected chi connectivity index (χ2v) is 8.86. The number of rotatable bonds is 6. The van der Waals surface area contributed by atoms with Gasteiger partial charge in [0, 0.05) is 30.3 Å². The Bertz CT molecular complexity index is 522. The van der Waals surface area contributed by atoms with Gasteiger partial charge >= 0.3 is 0 Å². The number of nitrogens with one attached hydrogen (secondary N) is 2. The van der Waals surface area contributed by atoms with Crippen LogP contribution in [0.15, 0.2) is 22.5 Å². The summed E-state index contributed by atoms with van der Waals surface area (Å²) in [6.07, 6.45) is 2.50. The van der Waals surface area contributed by atoms with E-state index in [4.69, 9.17) is 0 Å². The quantitative estimate of drug-likeness (QED) is 0.607. The fourth-order valence-electron chi connectivity index (χ4n) is 2.29. The van der Waals surface area contributed by atoms with Gasteiger partial charge in [0.1, 0.15) is 6.54 Å². The normalized spacial score (nSPS) is 21.3. The van der Waals surface area contributed by atoms with Crippen molar-refractivity contribution in [3.8, 4) is 0 Å². The molecule has 0 saturated carbocycles. The van der Waals surface area contributed by atoms with Gasteiger partial charge in [-0.05, 0) is 37.0 Å². The van der Waals surface area contributed by atoms with E-state index in [0.717, 1.165) is 13.1 Å². The van der Waals surface area contributed by atoms with Crippen LogP contribution in [0.25, 0.3) is 0 Å². The van der Waals surface area contributed by atoms with Gasteiger partial charge < -0.3 is 15.5 Å². The van der Waals surface area contributed by atoms with Gasteiger partial charge in [-0.2, -0.15) is 11.8 Å². The Kier molecular flexibility index (Phi) is 6.77. The molecule has 128 valence electrons. The highest BCUT2D eigenvalue weighted by Gasteiger charge is 2.29. The largest absolute Gasteiger partial charge is 0.355 e. The van der Waals surface area contributed by atoms with Gasteiger partial charge in [0.2, 0.25) is 5.91 Å². The molecule has 1 aliphatic rings. The van der Waals surface area contributed by atoms with Crippen LogP contribution in [0.3, 0.4) is 0 Å². The van der Waals surface area contributed by atoms with Crippen LogP contribution in [0.5, 0.6) is 0 Å². The molecule has 7 heteroatoms. The maximum absolute atomic E-state index is 11.8. The molecule has 2 N–H and O–H groups in total. The number of guanidine groups is 1. The van der Waals surface area contributed by atoms with Crippen molar-refractivity contribution >= 4 is 35.0 Å². The van der Waals surface area contributed by atoms with Crippen molar-refractivity contribution in [3.63, 3.8) is 0 Å². The number of aliphatic imine (C=N–C) groups is 1. The predicted octanol–water partition coefficient (Wildman–Crippen LogP) is 2.16. The first-order chi connectivity index (χ1) is 11.0. The van der Waals surface area contributed by atoms with E-state index in [-0.39, 0.29) is 17.2 Å². The van der Waals surface area contributed by atoms with Gasteiger partial charge in [-0.15, -0.1) is 11.3 Å². The Hall–Kier alpha value is -1.21. The van der Waals surface area contributed by atoms with E-state index < -0.39 is 0 Å². The average Bonchev–Trinajstić information content (AvgIpc) is 3.18. The van der Waals surface area contributed by atoms with Crippen LogP contribution in [-0.4, -0.2) is 54.5 Å². The molecule has 1 aromatic heterocycles. The highest BCUT2D eigenvalue weighted by atomic mass is 32.2. The van der Waals surface area contributed by atoms with Gasteiger partial charge in [-0.1, -0.05) is 6.07 Å². The van der Waals surface area contributed by atoms with Gasteiger partial charge in [0.05, 0.1) is 6.54 Å². The van der Waals surface area contributed by atoms with Crippen molar-refractivity contribution in [3.05, 3.63) is 22.4 Å². The summed E-state index contributed by atoms with van der Waals surface area (Å²) in [6.45, 7) is 4.05. The number of nitrogens with zero attached hydrogens (tertiary/aromatic N) is 2. The molecule has 2 rings (SSSR count). The molecule has 1 fully saturated rings. The third kappa shape index (κ3) is 6.06. The van der Waals surface area contributed by atoms with Crippen LogP contribution in [0.1, 0.15) is 24.6 Å². The molecule has 0 bridgehead atoms. The number of carbonyl (C=O) groups is 1. The Morgan fingerprint density at radius 3 is 2.87 bits per heavy atom. The van der Waals surface area contributed by atoms with Crippen molar-refractivity contribution in [2.45, 2.75) is 31.1 Å². The minimum atomic E-state index is 0.00340. The molecule has 0 radical (unpaired) electrons. The summed E-state index contributed by atoms with van der Waals surface area (Å²) >= 11 is 3.73. The smallest absolute Gasteiger partial charge is 0.243 e. The summed E-state index contributed by atoms with van der Waals surface area (Å²) < 4.78 is 0.261. The van der Waals surface area contributed by atoms with E-state index in [0.29, 0.717) is 5.96 Å². The Morgan fingerprint density at radius 1 is 1.43 bits per heavy atom. The molecule has 5 nitrogen and oxygen atoms in total. The van der Waals surface area contributed by atoms with Gasteiger partial charge in [0.25, 0.3) is 0 Å². The lowest BCUT2D eigenvalue weighted by atomic mass is 10.1. The topological polar surface area (TPSA) is 56.7 Å². The fourth-order valence-corrected chi connectivity index (χ4v) is 4.18. The monoisotopic (exact) mass is 354 g/mol. The van der Waals surface area contributed by atoms with Crippen LogP contribution < -0.4 is 10.6 Å². The molecule has 0 spiro atoms. The van der Waals surface area contributed by atoms with E-state index in [1.54, 1.807) is 30.3 Å². The second kappa shape index (κ2) is 8.59. The molecular formula is C16H26N4OS2. The first kappa shape index (κ1) is 18.1. The fraction of sp³-hybridized carbons (Fsp3) is 0.625. The minimum absolute atomic E-state index is 0.00340. The van der Waals surface area contributed by atoms with E-state index >= 15 is 0 Å². The molecule has 1 saturated heterocycles. The zero-order chi connectivity index (χ0) is 16.7. The van der Waals surface area contributed by atoms with Crippen molar-refractivity contribution in [2.75, 3.05) is 32.9 Å². The second-order valence-electron chi connectivity index (χ2n) is 6.14. The lowest BCUT2D eigenvalue weighted by molar-refractivity contribution is -0.127. The number of thiophene rings is 1. The molecule has 23 heavy (non-hydrogen) atoms. The molecule has 1 unspecified atom stereocenters. The molecule has 1 amide bonds. The minimum Gasteiger partial charge on any atom is -0.355 e. The average molecular weight is 355 g/mol. The molecule has 0 aliphatic carbocycles. The summed E-state index contributed by atoms with van der Waals surface area (Å²) in [7, 11) is 3.50. The summed E-state index contributed by atoms with van der Waals surface area (Å²) in [6, 6.07) is 4.13. The number of likely N-dealkylation sites (N-methyl/N-ethyl adjacent to an activating group) is 1. The molecule has 1 aromatic rings. The Morgan fingerprint density at radius 2 is 2.26 bits per heavy atom. The molecule has 1 atom stereocenters. The number of hydrogen-bond acceptors (Lipinski definition) is 4. The van der Waals surface area contributed by atoms with Crippen molar-refractivity contribution < 1.29 is 4.79 Å². The van der Waals surface area contributed by atoms with Crippen molar-refractivity contribution in [1.29, 1.82) is 0 Å². The first-order valence-electron chi connectivity index (χ1n) is 7.87. The molecule has 2 heterocycles.